The van der Waals surface area contributed by atoms with Crippen molar-refractivity contribution < 1.29 is 19.4 Å². The first-order chi connectivity index (χ1) is 16.9. The number of pyridine rings is 1. The number of aromatic nitrogens is 1. The Bertz CT molecular complexity index is 1020. The summed E-state index contributed by atoms with van der Waals surface area (Å²) in [5.74, 6) is 0.276. The van der Waals surface area contributed by atoms with E-state index in [1.54, 1.807) is 16.0 Å². The highest BCUT2D eigenvalue weighted by Gasteiger charge is 2.35. The highest BCUT2D eigenvalue weighted by Crippen LogP contribution is 2.31. The fraction of sp³-hybridized carbons (Fsp3) is 0.536. The van der Waals surface area contributed by atoms with E-state index in [1.807, 2.05) is 57.3 Å². The molecule has 1 aromatic carbocycles. The fourth-order valence-corrected chi connectivity index (χ4v) is 5.13. The van der Waals surface area contributed by atoms with Gasteiger partial charge in [0, 0.05) is 37.2 Å². The van der Waals surface area contributed by atoms with Crippen LogP contribution in [-0.2, 0) is 4.79 Å². The third-order valence-corrected chi connectivity index (χ3v) is 7.41. The van der Waals surface area contributed by atoms with Crippen molar-refractivity contribution in [2.75, 3.05) is 26.7 Å². The topological polar surface area (TPSA) is 83.0 Å². The van der Waals surface area contributed by atoms with Crippen molar-refractivity contribution >= 4 is 11.8 Å². The minimum Gasteiger partial charge on any atom is -0.472 e. The predicted molar refractivity (Wildman–Crippen MR) is 135 cm³/mol. The number of hydrogen-bond acceptors (Lipinski definition) is 5. The molecule has 35 heavy (non-hydrogen) atoms. The standard InChI is InChI=1S/C28H37N3O4/c1-19-16-31(20(2)18-32)28(34)24-14-23(21-10-6-4-7-11-21)15-29-26(24)35-25(19)17-30(3)27(33)22-12-8-5-9-13-22/h4,6-7,10-11,14-15,19-20,22,25,32H,5,8-9,12-13,16-18H2,1-3H3/t19-,20+,25+/m1/s1. The molecule has 1 aliphatic carbocycles. The number of rotatable bonds is 6. The van der Waals surface area contributed by atoms with Crippen molar-refractivity contribution in [1.82, 2.24) is 14.8 Å². The summed E-state index contributed by atoms with van der Waals surface area (Å²) >= 11 is 0. The summed E-state index contributed by atoms with van der Waals surface area (Å²) in [5, 5.41) is 9.87. The molecule has 0 unspecified atom stereocenters. The lowest BCUT2D eigenvalue weighted by atomic mass is 9.88. The van der Waals surface area contributed by atoms with Gasteiger partial charge in [-0.05, 0) is 31.4 Å². The molecule has 0 spiro atoms. The van der Waals surface area contributed by atoms with E-state index >= 15 is 0 Å². The largest absolute Gasteiger partial charge is 0.472 e. The van der Waals surface area contributed by atoms with E-state index in [9.17, 15) is 14.7 Å². The van der Waals surface area contributed by atoms with Crippen LogP contribution in [-0.4, -0.2) is 70.6 Å². The number of ether oxygens (including phenoxy) is 1. The van der Waals surface area contributed by atoms with Gasteiger partial charge in [0.25, 0.3) is 5.91 Å². The molecular formula is C28H37N3O4. The van der Waals surface area contributed by atoms with Gasteiger partial charge >= 0.3 is 0 Å². The Morgan fingerprint density at radius 3 is 2.60 bits per heavy atom. The van der Waals surface area contributed by atoms with Gasteiger partial charge in [-0.25, -0.2) is 4.98 Å². The van der Waals surface area contributed by atoms with Gasteiger partial charge in [0.2, 0.25) is 11.8 Å². The van der Waals surface area contributed by atoms with Crippen molar-refractivity contribution in [3.05, 3.63) is 48.2 Å². The van der Waals surface area contributed by atoms with Crippen LogP contribution < -0.4 is 4.74 Å². The van der Waals surface area contributed by atoms with Gasteiger partial charge in [-0.15, -0.1) is 0 Å². The molecule has 7 nitrogen and oxygen atoms in total. The molecule has 2 amide bonds. The zero-order valence-electron chi connectivity index (χ0n) is 21.0. The highest BCUT2D eigenvalue weighted by molar-refractivity contribution is 5.98. The minimum atomic E-state index is -0.349. The Morgan fingerprint density at radius 2 is 1.91 bits per heavy atom. The molecule has 2 aromatic rings. The smallest absolute Gasteiger partial charge is 0.259 e. The van der Waals surface area contributed by atoms with Gasteiger partial charge in [0.15, 0.2) is 0 Å². The van der Waals surface area contributed by atoms with Crippen LogP contribution in [0.25, 0.3) is 11.1 Å². The quantitative estimate of drug-likeness (QED) is 0.677. The van der Waals surface area contributed by atoms with Crippen molar-refractivity contribution in [2.24, 2.45) is 11.8 Å². The van der Waals surface area contributed by atoms with E-state index in [4.69, 9.17) is 4.74 Å². The van der Waals surface area contributed by atoms with Gasteiger partial charge in [0.05, 0.1) is 19.2 Å². The van der Waals surface area contributed by atoms with E-state index in [2.05, 4.69) is 4.98 Å². The van der Waals surface area contributed by atoms with Crippen molar-refractivity contribution in [3.8, 4) is 17.0 Å². The van der Waals surface area contributed by atoms with Crippen LogP contribution in [0, 0.1) is 11.8 Å². The van der Waals surface area contributed by atoms with Crippen molar-refractivity contribution in [2.45, 2.75) is 58.1 Å². The molecule has 7 heteroatoms. The Labute approximate surface area is 208 Å². The lowest BCUT2D eigenvalue weighted by molar-refractivity contribution is -0.136. The number of aliphatic hydroxyl groups excluding tert-OH is 1. The van der Waals surface area contributed by atoms with Gasteiger partial charge in [-0.3, -0.25) is 9.59 Å². The van der Waals surface area contributed by atoms with Crippen molar-refractivity contribution in [3.63, 3.8) is 0 Å². The molecule has 2 aliphatic rings. The van der Waals surface area contributed by atoms with Crippen LogP contribution in [0.2, 0.25) is 0 Å². The van der Waals surface area contributed by atoms with E-state index in [0.29, 0.717) is 18.7 Å². The first-order valence-corrected chi connectivity index (χ1v) is 12.8. The van der Waals surface area contributed by atoms with Crippen LogP contribution in [0.5, 0.6) is 5.88 Å². The normalized spacial score (nSPS) is 21.9. The molecule has 3 atom stereocenters. The predicted octanol–water partition coefficient (Wildman–Crippen LogP) is 4.01. The molecular weight excluding hydrogens is 442 g/mol. The van der Waals surface area contributed by atoms with Crippen LogP contribution in [0.15, 0.2) is 42.6 Å². The second kappa shape index (κ2) is 11.2. The summed E-state index contributed by atoms with van der Waals surface area (Å²) in [6.45, 7) is 4.58. The fourth-order valence-electron chi connectivity index (χ4n) is 5.13. The Balaban J connectivity index is 1.64. The summed E-state index contributed by atoms with van der Waals surface area (Å²) in [6, 6.07) is 11.3. The molecule has 1 N–H and O–H groups in total. The van der Waals surface area contributed by atoms with Gasteiger partial charge in [0.1, 0.15) is 11.7 Å². The van der Waals surface area contributed by atoms with E-state index < -0.39 is 0 Å². The van der Waals surface area contributed by atoms with Gasteiger partial charge in [-0.2, -0.15) is 0 Å². The lowest BCUT2D eigenvalue weighted by Gasteiger charge is -2.38. The molecule has 2 heterocycles. The number of carbonyl (C=O) groups is 2. The maximum absolute atomic E-state index is 13.6. The maximum Gasteiger partial charge on any atom is 0.259 e. The summed E-state index contributed by atoms with van der Waals surface area (Å²) in [4.78, 5) is 34.8. The highest BCUT2D eigenvalue weighted by atomic mass is 16.5. The summed E-state index contributed by atoms with van der Waals surface area (Å²) in [7, 11) is 1.85. The average molecular weight is 480 g/mol. The molecule has 4 rings (SSSR count). The Kier molecular flexibility index (Phi) is 8.06. The Hall–Kier alpha value is -2.93. The SMILES string of the molecule is C[C@@H]1CN([C@@H](C)CO)C(=O)c2cc(-c3ccccc3)cnc2O[C@H]1CN(C)C(=O)C1CCCCC1. The van der Waals surface area contributed by atoms with Crippen LogP contribution in [0.4, 0.5) is 0 Å². The van der Waals surface area contributed by atoms with Gasteiger partial charge in [-0.1, -0.05) is 56.5 Å². The van der Waals surface area contributed by atoms with E-state index in [1.165, 1.54) is 6.42 Å². The number of aliphatic hydroxyl groups is 1. The van der Waals surface area contributed by atoms with Crippen LogP contribution >= 0.6 is 0 Å². The minimum absolute atomic E-state index is 0.0571. The number of fused-ring (bicyclic) bond motifs is 1. The maximum atomic E-state index is 13.6. The zero-order valence-corrected chi connectivity index (χ0v) is 21.0. The molecule has 0 radical (unpaired) electrons. The second-order valence-electron chi connectivity index (χ2n) is 10.1. The van der Waals surface area contributed by atoms with Crippen molar-refractivity contribution in [1.29, 1.82) is 0 Å². The van der Waals surface area contributed by atoms with E-state index in [-0.39, 0.29) is 48.3 Å². The van der Waals surface area contributed by atoms with Crippen LogP contribution in [0.1, 0.15) is 56.3 Å². The number of nitrogens with zero attached hydrogens (tertiary/aromatic N) is 3. The average Bonchev–Trinajstić information content (AvgIpc) is 2.90. The molecule has 1 aliphatic heterocycles. The summed E-state index contributed by atoms with van der Waals surface area (Å²) < 4.78 is 6.37. The number of likely N-dealkylation sites (N-methyl/N-ethyl adjacent to an activating group) is 1. The van der Waals surface area contributed by atoms with Gasteiger partial charge < -0.3 is 19.6 Å². The third-order valence-electron chi connectivity index (χ3n) is 7.41. The molecule has 1 aromatic heterocycles. The number of carbonyl (C=O) groups excluding carboxylic acids is 2. The molecule has 188 valence electrons. The number of hydrogen-bond donors (Lipinski definition) is 1. The third kappa shape index (κ3) is 5.67. The molecule has 1 saturated carbocycles. The van der Waals surface area contributed by atoms with E-state index in [0.717, 1.165) is 36.8 Å². The molecule has 1 fully saturated rings. The second-order valence-corrected chi connectivity index (χ2v) is 10.1. The Morgan fingerprint density at radius 1 is 1.20 bits per heavy atom. The summed E-state index contributed by atoms with van der Waals surface area (Å²) in [5.41, 5.74) is 2.17. The molecule has 0 saturated heterocycles. The van der Waals surface area contributed by atoms with Crippen LogP contribution in [0.3, 0.4) is 0 Å². The number of amides is 2. The zero-order chi connectivity index (χ0) is 24.9. The first kappa shape index (κ1) is 25.2. The number of benzene rings is 1. The molecule has 0 bridgehead atoms. The first-order valence-electron chi connectivity index (χ1n) is 12.8. The monoisotopic (exact) mass is 479 g/mol. The lowest BCUT2D eigenvalue weighted by Crippen LogP contribution is -2.51. The summed E-state index contributed by atoms with van der Waals surface area (Å²) in [6.07, 6.45) is 6.72.